The maximum Gasteiger partial charge on any atom is 0.254 e. The molecule has 0 radical (unpaired) electrons. The van der Waals surface area contributed by atoms with Crippen molar-refractivity contribution in [2.45, 2.75) is 20.8 Å². The first-order valence-electron chi connectivity index (χ1n) is 10.4. The Hall–Kier alpha value is -3.51. The number of carbonyl (C=O) groups excluding carboxylic acids is 2. The van der Waals surface area contributed by atoms with Crippen LogP contribution in [-0.4, -0.2) is 35.3 Å². The molecule has 32 heavy (non-hydrogen) atoms. The zero-order valence-electron chi connectivity index (χ0n) is 18.6. The summed E-state index contributed by atoms with van der Waals surface area (Å²) in [6.45, 7) is 5.93. The standard InChI is InChI=1S/C26H25N3O2S/c1-16-12-17(2)25(18(3)13-16)28-24(30)15-29(4)26(31)20-14-22(23-10-7-11-32-23)27-21-9-6-5-8-19(20)21/h5-14H,15H2,1-4H3,(H,28,30). The molecule has 4 rings (SSSR count). The number of hydrogen-bond acceptors (Lipinski definition) is 4. The van der Waals surface area contributed by atoms with Crippen LogP contribution in [-0.2, 0) is 4.79 Å². The van der Waals surface area contributed by atoms with Crippen LogP contribution in [0.4, 0.5) is 5.69 Å². The summed E-state index contributed by atoms with van der Waals surface area (Å²) in [5.41, 5.74) is 6.01. The summed E-state index contributed by atoms with van der Waals surface area (Å²) in [4.78, 5) is 33.3. The van der Waals surface area contributed by atoms with Gasteiger partial charge in [-0.3, -0.25) is 9.59 Å². The normalized spacial score (nSPS) is 10.9. The Balaban J connectivity index is 1.60. The Morgan fingerprint density at radius 2 is 1.72 bits per heavy atom. The van der Waals surface area contributed by atoms with Gasteiger partial charge in [-0.05, 0) is 55.5 Å². The number of thiophene rings is 1. The molecule has 2 heterocycles. The topological polar surface area (TPSA) is 62.3 Å². The van der Waals surface area contributed by atoms with Crippen LogP contribution in [0.3, 0.4) is 0 Å². The molecule has 2 aromatic carbocycles. The number of aromatic nitrogens is 1. The van der Waals surface area contributed by atoms with Crippen molar-refractivity contribution in [3.63, 3.8) is 0 Å². The number of benzene rings is 2. The van der Waals surface area contributed by atoms with Crippen LogP contribution in [0.2, 0.25) is 0 Å². The summed E-state index contributed by atoms with van der Waals surface area (Å²) in [6, 6.07) is 17.4. The summed E-state index contributed by atoms with van der Waals surface area (Å²) < 4.78 is 0. The molecule has 0 atom stereocenters. The average Bonchev–Trinajstić information content (AvgIpc) is 3.30. The second-order valence-electron chi connectivity index (χ2n) is 8.03. The fourth-order valence-corrected chi connectivity index (χ4v) is 4.64. The predicted molar refractivity (Wildman–Crippen MR) is 131 cm³/mol. The van der Waals surface area contributed by atoms with Crippen molar-refractivity contribution in [3.05, 3.63) is 82.2 Å². The van der Waals surface area contributed by atoms with E-state index < -0.39 is 0 Å². The minimum absolute atomic E-state index is 0.0451. The van der Waals surface area contributed by atoms with E-state index in [-0.39, 0.29) is 18.4 Å². The van der Waals surface area contributed by atoms with E-state index in [4.69, 9.17) is 4.98 Å². The van der Waals surface area contributed by atoms with E-state index in [1.165, 1.54) is 4.90 Å². The van der Waals surface area contributed by atoms with Gasteiger partial charge in [0, 0.05) is 18.1 Å². The lowest BCUT2D eigenvalue weighted by molar-refractivity contribution is -0.116. The van der Waals surface area contributed by atoms with Crippen molar-refractivity contribution in [1.82, 2.24) is 9.88 Å². The summed E-state index contributed by atoms with van der Waals surface area (Å²) in [6.07, 6.45) is 0. The first kappa shape index (κ1) is 21.7. The number of anilines is 1. The number of aryl methyl sites for hydroxylation is 3. The van der Waals surface area contributed by atoms with Crippen LogP contribution in [0.1, 0.15) is 27.0 Å². The number of fused-ring (bicyclic) bond motifs is 1. The lowest BCUT2D eigenvalue weighted by Gasteiger charge is -2.19. The Labute approximate surface area is 191 Å². The van der Waals surface area contributed by atoms with Crippen LogP contribution < -0.4 is 5.32 Å². The maximum atomic E-state index is 13.4. The molecule has 0 fully saturated rings. The van der Waals surface area contributed by atoms with Crippen molar-refractivity contribution >= 4 is 39.7 Å². The quantitative estimate of drug-likeness (QED) is 0.437. The molecule has 1 N–H and O–H groups in total. The third-order valence-corrected chi connectivity index (χ3v) is 6.28. The molecule has 2 amide bonds. The second kappa shape index (κ2) is 8.93. The average molecular weight is 444 g/mol. The number of nitrogens with zero attached hydrogens (tertiary/aromatic N) is 2. The maximum absolute atomic E-state index is 13.4. The van der Waals surface area contributed by atoms with Crippen molar-refractivity contribution < 1.29 is 9.59 Å². The summed E-state index contributed by atoms with van der Waals surface area (Å²) in [5.74, 6) is -0.443. The molecule has 0 aliphatic carbocycles. The van der Waals surface area contributed by atoms with Gasteiger partial charge in [0.15, 0.2) is 0 Å². The van der Waals surface area contributed by atoms with E-state index in [1.807, 2.05) is 80.7 Å². The Kier molecular flexibility index (Phi) is 6.06. The minimum Gasteiger partial charge on any atom is -0.332 e. The number of hydrogen-bond donors (Lipinski definition) is 1. The molecule has 162 valence electrons. The van der Waals surface area contributed by atoms with E-state index >= 15 is 0 Å². The zero-order valence-corrected chi connectivity index (χ0v) is 19.4. The van der Waals surface area contributed by atoms with Gasteiger partial charge in [-0.1, -0.05) is 42.0 Å². The number of amides is 2. The van der Waals surface area contributed by atoms with Crippen LogP contribution in [0.15, 0.2) is 60.0 Å². The Morgan fingerprint density at radius 3 is 2.41 bits per heavy atom. The number of nitrogens with one attached hydrogen (secondary N) is 1. The SMILES string of the molecule is Cc1cc(C)c(NC(=O)CN(C)C(=O)c2cc(-c3cccs3)nc3ccccc23)c(C)c1. The largest absolute Gasteiger partial charge is 0.332 e. The molecule has 0 saturated carbocycles. The predicted octanol–water partition coefficient (Wildman–Crippen LogP) is 5.60. The third-order valence-electron chi connectivity index (χ3n) is 5.39. The lowest BCUT2D eigenvalue weighted by atomic mass is 10.0. The first-order chi connectivity index (χ1) is 15.3. The van der Waals surface area contributed by atoms with Gasteiger partial charge < -0.3 is 10.2 Å². The zero-order chi connectivity index (χ0) is 22.8. The molecule has 2 aromatic heterocycles. The van der Waals surface area contributed by atoms with Gasteiger partial charge in [-0.25, -0.2) is 4.98 Å². The van der Waals surface area contributed by atoms with E-state index in [0.717, 1.165) is 43.9 Å². The number of para-hydroxylation sites is 1. The molecular weight excluding hydrogens is 418 g/mol. The Bertz CT molecular complexity index is 1290. The Morgan fingerprint density at radius 1 is 1.00 bits per heavy atom. The highest BCUT2D eigenvalue weighted by molar-refractivity contribution is 7.13. The molecule has 0 saturated heterocycles. The van der Waals surface area contributed by atoms with Gasteiger partial charge in [0.2, 0.25) is 5.91 Å². The molecule has 0 spiro atoms. The number of rotatable bonds is 5. The molecular formula is C26H25N3O2S. The van der Waals surface area contributed by atoms with Crippen LogP contribution >= 0.6 is 11.3 Å². The fraction of sp³-hybridized carbons (Fsp3) is 0.192. The van der Waals surface area contributed by atoms with E-state index in [0.29, 0.717) is 5.56 Å². The van der Waals surface area contributed by atoms with Crippen molar-refractivity contribution in [2.75, 3.05) is 18.9 Å². The molecule has 6 heteroatoms. The van der Waals surface area contributed by atoms with Crippen LogP contribution in [0.25, 0.3) is 21.5 Å². The van der Waals surface area contributed by atoms with Gasteiger partial charge in [0.05, 0.1) is 28.2 Å². The lowest BCUT2D eigenvalue weighted by Crippen LogP contribution is -2.35. The van der Waals surface area contributed by atoms with Gasteiger partial charge in [-0.15, -0.1) is 11.3 Å². The highest BCUT2D eigenvalue weighted by atomic mass is 32.1. The minimum atomic E-state index is -0.229. The van der Waals surface area contributed by atoms with Gasteiger partial charge >= 0.3 is 0 Å². The van der Waals surface area contributed by atoms with Gasteiger partial charge in [-0.2, -0.15) is 0 Å². The molecule has 0 unspecified atom stereocenters. The number of likely N-dealkylation sites (N-methyl/N-ethyl adjacent to an activating group) is 1. The highest BCUT2D eigenvalue weighted by Gasteiger charge is 2.20. The third kappa shape index (κ3) is 4.41. The monoisotopic (exact) mass is 443 g/mol. The van der Waals surface area contributed by atoms with Crippen LogP contribution in [0.5, 0.6) is 0 Å². The number of pyridine rings is 1. The molecule has 5 nitrogen and oxygen atoms in total. The van der Waals surface area contributed by atoms with Gasteiger partial charge in [0.25, 0.3) is 5.91 Å². The van der Waals surface area contributed by atoms with E-state index in [1.54, 1.807) is 18.4 Å². The smallest absolute Gasteiger partial charge is 0.254 e. The summed E-state index contributed by atoms with van der Waals surface area (Å²) in [5, 5.41) is 5.73. The van der Waals surface area contributed by atoms with Crippen molar-refractivity contribution in [2.24, 2.45) is 0 Å². The van der Waals surface area contributed by atoms with Gasteiger partial charge in [0.1, 0.15) is 0 Å². The second-order valence-corrected chi connectivity index (χ2v) is 8.98. The van der Waals surface area contributed by atoms with E-state index in [2.05, 4.69) is 5.32 Å². The molecule has 4 aromatic rings. The molecule has 0 aliphatic heterocycles. The fourth-order valence-electron chi connectivity index (χ4n) is 3.95. The van der Waals surface area contributed by atoms with Crippen molar-refractivity contribution in [3.8, 4) is 10.6 Å². The molecule has 0 aliphatic rings. The van der Waals surface area contributed by atoms with Crippen LogP contribution in [0, 0.1) is 20.8 Å². The van der Waals surface area contributed by atoms with Crippen molar-refractivity contribution in [1.29, 1.82) is 0 Å². The van der Waals surface area contributed by atoms with E-state index in [9.17, 15) is 9.59 Å². The highest BCUT2D eigenvalue weighted by Crippen LogP contribution is 2.28. The summed E-state index contributed by atoms with van der Waals surface area (Å²) >= 11 is 1.58. The number of carbonyl (C=O) groups is 2. The first-order valence-corrected chi connectivity index (χ1v) is 11.3. The molecule has 0 bridgehead atoms. The summed E-state index contributed by atoms with van der Waals surface area (Å²) in [7, 11) is 1.65.